The number of benzene rings is 2. The standard InChI is InChI=1S/C16H17ClO2/c1-11-4-7-14(16(8-11)18-3)19-15-9-13(10-17)6-5-12(15)2/h4-9H,10H2,1-3H3. The minimum absolute atomic E-state index is 0.474. The maximum absolute atomic E-state index is 5.95. The molecule has 0 radical (unpaired) electrons. The molecule has 0 aliphatic carbocycles. The van der Waals surface area contributed by atoms with Crippen molar-refractivity contribution in [2.75, 3.05) is 7.11 Å². The summed E-state index contributed by atoms with van der Waals surface area (Å²) >= 11 is 5.85. The summed E-state index contributed by atoms with van der Waals surface area (Å²) in [7, 11) is 1.64. The lowest BCUT2D eigenvalue weighted by molar-refractivity contribution is 0.377. The molecule has 19 heavy (non-hydrogen) atoms. The normalized spacial score (nSPS) is 10.3. The molecule has 0 unspecified atom stereocenters. The number of alkyl halides is 1. The Morgan fingerprint density at radius 1 is 0.947 bits per heavy atom. The van der Waals surface area contributed by atoms with Crippen molar-refractivity contribution in [2.45, 2.75) is 19.7 Å². The highest BCUT2D eigenvalue weighted by atomic mass is 35.5. The Morgan fingerprint density at radius 3 is 2.42 bits per heavy atom. The first kappa shape index (κ1) is 13.8. The highest BCUT2D eigenvalue weighted by Gasteiger charge is 2.08. The molecule has 0 aliphatic rings. The summed E-state index contributed by atoms with van der Waals surface area (Å²) in [5.74, 6) is 2.72. The summed E-state index contributed by atoms with van der Waals surface area (Å²) in [4.78, 5) is 0. The van der Waals surface area contributed by atoms with Crippen molar-refractivity contribution < 1.29 is 9.47 Å². The van der Waals surface area contributed by atoms with E-state index in [1.807, 2.05) is 50.2 Å². The van der Waals surface area contributed by atoms with E-state index in [0.29, 0.717) is 11.6 Å². The molecule has 3 heteroatoms. The molecule has 0 amide bonds. The summed E-state index contributed by atoms with van der Waals surface area (Å²) in [6.45, 7) is 4.03. The second kappa shape index (κ2) is 5.98. The Morgan fingerprint density at radius 2 is 1.74 bits per heavy atom. The summed E-state index contributed by atoms with van der Waals surface area (Å²) in [6.07, 6.45) is 0. The third-order valence-electron chi connectivity index (χ3n) is 2.95. The van der Waals surface area contributed by atoms with Gasteiger partial charge in [-0.25, -0.2) is 0 Å². The van der Waals surface area contributed by atoms with Crippen LogP contribution in [-0.4, -0.2) is 7.11 Å². The van der Waals surface area contributed by atoms with Crippen LogP contribution >= 0.6 is 11.6 Å². The number of hydrogen-bond acceptors (Lipinski definition) is 2. The zero-order chi connectivity index (χ0) is 13.8. The maximum Gasteiger partial charge on any atom is 0.169 e. The Bertz CT molecular complexity index is 579. The van der Waals surface area contributed by atoms with Gasteiger partial charge >= 0.3 is 0 Å². The lowest BCUT2D eigenvalue weighted by Gasteiger charge is -2.13. The van der Waals surface area contributed by atoms with Crippen LogP contribution in [0.2, 0.25) is 0 Å². The SMILES string of the molecule is COc1cc(C)ccc1Oc1cc(CCl)ccc1C. The van der Waals surface area contributed by atoms with E-state index in [-0.39, 0.29) is 0 Å². The lowest BCUT2D eigenvalue weighted by Crippen LogP contribution is -1.93. The number of hydrogen-bond donors (Lipinski definition) is 0. The first-order chi connectivity index (χ1) is 9.13. The molecule has 0 atom stereocenters. The average molecular weight is 277 g/mol. The minimum atomic E-state index is 0.474. The third kappa shape index (κ3) is 3.21. The predicted molar refractivity (Wildman–Crippen MR) is 78.5 cm³/mol. The topological polar surface area (TPSA) is 18.5 Å². The quantitative estimate of drug-likeness (QED) is 0.744. The van der Waals surface area contributed by atoms with Gasteiger partial charge in [-0.1, -0.05) is 18.2 Å². The number of methoxy groups -OCH3 is 1. The third-order valence-corrected chi connectivity index (χ3v) is 3.25. The van der Waals surface area contributed by atoms with Gasteiger partial charge in [-0.15, -0.1) is 11.6 Å². The van der Waals surface area contributed by atoms with Gasteiger partial charge in [0.05, 0.1) is 7.11 Å². The molecular formula is C16H17ClO2. The van der Waals surface area contributed by atoms with Gasteiger partial charge in [0, 0.05) is 5.88 Å². The van der Waals surface area contributed by atoms with Crippen LogP contribution < -0.4 is 9.47 Å². The van der Waals surface area contributed by atoms with Crippen molar-refractivity contribution >= 4 is 11.6 Å². The molecule has 0 aromatic heterocycles. The van der Waals surface area contributed by atoms with Crippen molar-refractivity contribution in [1.82, 2.24) is 0 Å². The number of ether oxygens (including phenoxy) is 2. The molecule has 0 aliphatic heterocycles. The number of aryl methyl sites for hydroxylation is 2. The molecule has 100 valence electrons. The van der Waals surface area contributed by atoms with E-state index >= 15 is 0 Å². The minimum Gasteiger partial charge on any atom is -0.493 e. The second-order valence-corrected chi connectivity index (χ2v) is 4.76. The van der Waals surface area contributed by atoms with E-state index in [9.17, 15) is 0 Å². The molecule has 2 nitrogen and oxygen atoms in total. The van der Waals surface area contributed by atoms with Crippen LogP contribution in [0.25, 0.3) is 0 Å². The van der Waals surface area contributed by atoms with Crippen molar-refractivity contribution in [1.29, 1.82) is 0 Å². The van der Waals surface area contributed by atoms with Crippen LogP contribution in [0.3, 0.4) is 0 Å². The molecule has 0 N–H and O–H groups in total. The van der Waals surface area contributed by atoms with Crippen molar-refractivity contribution in [2.24, 2.45) is 0 Å². The van der Waals surface area contributed by atoms with Gasteiger partial charge in [0.15, 0.2) is 11.5 Å². The van der Waals surface area contributed by atoms with Gasteiger partial charge in [0.2, 0.25) is 0 Å². The number of rotatable bonds is 4. The summed E-state index contributed by atoms with van der Waals surface area (Å²) in [5.41, 5.74) is 3.24. The largest absolute Gasteiger partial charge is 0.493 e. The molecule has 0 saturated carbocycles. The Labute approximate surface area is 118 Å². The van der Waals surface area contributed by atoms with Gasteiger partial charge in [0.25, 0.3) is 0 Å². The molecule has 2 rings (SSSR count). The predicted octanol–water partition coefficient (Wildman–Crippen LogP) is 4.84. The maximum atomic E-state index is 5.95. The molecule has 2 aromatic carbocycles. The van der Waals surface area contributed by atoms with E-state index in [1.54, 1.807) is 7.11 Å². The summed E-state index contributed by atoms with van der Waals surface area (Å²) in [6, 6.07) is 11.8. The van der Waals surface area contributed by atoms with Gasteiger partial charge in [-0.05, 0) is 48.7 Å². The van der Waals surface area contributed by atoms with Crippen LogP contribution in [0.1, 0.15) is 16.7 Å². The van der Waals surface area contributed by atoms with Crippen LogP contribution in [0.5, 0.6) is 17.2 Å². The van der Waals surface area contributed by atoms with Crippen molar-refractivity contribution in [3.05, 3.63) is 53.1 Å². The first-order valence-electron chi connectivity index (χ1n) is 6.12. The molecule has 0 bridgehead atoms. The van der Waals surface area contributed by atoms with E-state index in [1.165, 1.54) is 0 Å². The van der Waals surface area contributed by atoms with E-state index < -0.39 is 0 Å². The van der Waals surface area contributed by atoms with E-state index in [4.69, 9.17) is 21.1 Å². The molecule has 0 spiro atoms. The zero-order valence-electron chi connectivity index (χ0n) is 11.4. The Hall–Kier alpha value is -1.67. The first-order valence-corrected chi connectivity index (χ1v) is 6.65. The second-order valence-electron chi connectivity index (χ2n) is 4.49. The highest BCUT2D eigenvalue weighted by Crippen LogP contribution is 2.34. The Balaban J connectivity index is 2.35. The van der Waals surface area contributed by atoms with Crippen LogP contribution in [0.4, 0.5) is 0 Å². The van der Waals surface area contributed by atoms with Crippen molar-refractivity contribution in [3.63, 3.8) is 0 Å². The molecule has 0 fully saturated rings. The molecule has 0 saturated heterocycles. The molecular weight excluding hydrogens is 260 g/mol. The Kier molecular flexibility index (Phi) is 4.33. The molecule has 2 aromatic rings. The van der Waals surface area contributed by atoms with Crippen molar-refractivity contribution in [3.8, 4) is 17.2 Å². The van der Waals surface area contributed by atoms with Gasteiger partial charge in [-0.2, -0.15) is 0 Å². The van der Waals surface area contributed by atoms with Gasteiger partial charge in [-0.3, -0.25) is 0 Å². The molecule has 0 heterocycles. The van der Waals surface area contributed by atoms with E-state index in [0.717, 1.165) is 28.2 Å². The smallest absolute Gasteiger partial charge is 0.169 e. The van der Waals surface area contributed by atoms with Gasteiger partial charge < -0.3 is 9.47 Å². The van der Waals surface area contributed by atoms with E-state index in [2.05, 4.69) is 0 Å². The fourth-order valence-corrected chi connectivity index (χ4v) is 1.98. The van der Waals surface area contributed by atoms with Gasteiger partial charge in [0.1, 0.15) is 5.75 Å². The zero-order valence-corrected chi connectivity index (χ0v) is 12.1. The fraction of sp³-hybridized carbons (Fsp3) is 0.250. The van der Waals surface area contributed by atoms with Crippen LogP contribution in [0.15, 0.2) is 36.4 Å². The number of halogens is 1. The summed E-state index contributed by atoms with van der Waals surface area (Å²) < 4.78 is 11.3. The average Bonchev–Trinajstić information content (AvgIpc) is 2.43. The summed E-state index contributed by atoms with van der Waals surface area (Å²) in [5, 5.41) is 0. The lowest BCUT2D eigenvalue weighted by atomic mass is 10.1. The fourth-order valence-electron chi connectivity index (χ4n) is 1.82. The highest BCUT2D eigenvalue weighted by molar-refractivity contribution is 6.17. The monoisotopic (exact) mass is 276 g/mol. The van der Waals surface area contributed by atoms with Crippen LogP contribution in [-0.2, 0) is 5.88 Å². The van der Waals surface area contributed by atoms with Crippen LogP contribution in [0, 0.1) is 13.8 Å².